The van der Waals surface area contributed by atoms with Crippen molar-refractivity contribution in [1.29, 1.82) is 0 Å². The van der Waals surface area contributed by atoms with Crippen LogP contribution in [0.15, 0.2) is 24.3 Å². The number of nitrogens with one attached hydrogen (secondary N) is 1. The molecular weight excluding hydrogens is 218 g/mol. The van der Waals surface area contributed by atoms with Gasteiger partial charge in [0.1, 0.15) is 5.41 Å². The third-order valence-electron chi connectivity index (χ3n) is 2.70. The summed E-state index contributed by atoms with van der Waals surface area (Å²) in [6.45, 7) is 4.78. The van der Waals surface area contributed by atoms with E-state index in [1.165, 1.54) is 13.8 Å². The minimum absolute atomic E-state index is 0.516. The summed E-state index contributed by atoms with van der Waals surface area (Å²) in [5.74, 6) is -1.65. The van der Waals surface area contributed by atoms with Crippen molar-refractivity contribution >= 4 is 17.6 Å². The Balaban J connectivity index is 2.84. The van der Waals surface area contributed by atoms with Gasteiger partial charge in [-0.25, -0.2) is 0 Å². The number of anilines is 1. The van der Waals surface area contributed by atoms with Gasteiger partial charge >= 0.3 is 5.97 Å². The number of amides is 1. The lowest BCUT2D eigenvalue weighted by Crippen LogP contribution is -2.37. The minimum Gasteiger partial charge on any atom is -0.480 e. The molecule has 1 amide bonds. The summed E-state index contributed by atoms with van der Waals surface area (Å²) in [4.78, 5) is 22.7. The van der Waals surface area contributed by atoms with E-state index in [2.05, 4.69) is 5.32 Å². The van der Waals surface area contributed by atoms with Crippen LogP contribution in [0.2, 0.25) is 0 Å². The van der Waals surface area contributed by atoms with Gasteiger partial charge in [-0.05, 0) is 38.0 Å². The summed E-state index contributed by atoms with van der Waals surface area (Å²) < 4.78 is 0. The van der Waals surface area contributed by atoms with Crippen molar-refractivity contribution in [2.45, 2.75) is 27.2 Å². The zero-order chi connectivity index (χ0) is 13.1. The van der Waals surface area contributed by atoms with Crippen LogP contribution in [0.25, 0.3) is 0 Å². The lowest BCUT2D eigenvalue weighted by atomic mass is 9.92. The maximum Gasteiger partial charge on any atom is 0.318 e. The second-order valence-electron chi connectivity index (χ2n) is 4.44. The first kappa shape index (κ1) is 13.2. The van der Waals surface area contributed by atoms with E-state index in [-0.39, 0.29) is 0 Å². The molecule has 4 nitrogen and oxygen atoms in total. The van der Waals surface area contributed by atoms with Crippen LogP contribution < -0.4 is 5.32 Å². The van der Waals surface area contributed by atoms with Crippen LogP contribution in [0, 0.1) is 5.41 Å². The molecule has 17 heavy (non-hydrogen) atoms. The number of carboxylic acid groups (broad SMARTS) is 1. The van der Waals surface area contributed by atoms with E-state index in [0.29, 0.717) is 5.69 Å². The average molecular weight is 235 g/mol. The summed E-state index contributed by atoms with van der Waals surface area (Å²) in [6.07, 6.45) is 0.867. The zero-order valence-electron chi connectivity index (χ0n) is 10.3. The van der Waals surface area contributed by atoms with Crippen LogP contribution in [-0.4, -0.2) is 17.0 Å². The molecule has 2 N–H and O–H groups in total. The summed E-state index contributed by atoms with van der Waals surface area (Å²) >= 11 is 0. The Labute approximate surface area is 101 Å². The Morgan fingerprint density at radius 2 is 2.00 bits per heavy atom. The first-order chi connectivity index (χ1) is 7.87. The van der Waals surface area contributed by atoms with Gasteiger partial charge in [0.25, 0.3) is 0 Å². The van der Waals surface area contributed by atoms with Crippen LogP contribution in [0.1, 0.15) is 26.3 Å². The van der Waals surface area contributed by atoms with Gasteiger partial charge in [-0.2, -0.15) is 0 Å². The number of carbonyl (C=O) groups is 2. The number of carboxylic acids is 1. The van der Waals surface area contributed by atoms with Gasteiger partial charge in [0.05, 0.1) is 0 Å². The molecule has 0 atom stereocenters. The highest BCUT2D eigenvalue weighted by atomic mass is 16.4. The van der Waals surface area contributed by atoms with Crippen LogP contribution in [0.4, 0.5) is 5.69 Å². The number of carbonyl (C=O) groups excluding carboxylic acids is 1. The summed E-state index contributed by atoms with van der Waals surface area (Å²) in [7, 11) is 0. The van der Waals surface area contributed by atoms with Crippen molar-refractivity contribution in [1.82, 2.24) is 0 Å². The molecule has 92 valence electrons. The topological polar surface area (TPSA) is 66.4 Å². The Hall–Kier alpha value is -1.84. The van der Waals surface area contributed by atoms with Crippen molar-refractivity contribution in [2.75, 3.05) is 5.32 Å². The van der Waals surface area contributed by atoms with Crippen molar-refractivity contribution in [3.05, 3.63) is 29.8 Å². The highest BCUT2D eigenvalue weighted by molar-refractivity contribution is 6.07. The van der Waals surface area contributed by atoms with E-state index < -0.39 is 17.3 Å². The Morgan fingerprint density at radius 3 is 2.53 bits per heavy atom. The van der Waals surface area contributed by atoms with E-state index in [0.717, 1.165) is 12.0 Å². The van der Waals surface area contributed by atoms with E-state index in [9.17, 15) is 9.59 Å². The van der Waals surface area contributed by atoms with Gasteiger partial charge in [-0.3, -0.25) is 9.59 Å². The van der Waals surface area contributed by atoms with Gasteiger partial charge < -0.3 is 10.4 Å². The van der Waals surface area contributed by atoms with E-state index in [1.54, 1.807) is 6.07 Å². The Morgan fingerprint density at radius 1 is 1.35 bits per heavy atom. The molecule has 0 aliphatic rings. The van der Waals surface area contributed by atoms with Crippen molar-refractivity contribution in [3.63, 3.8) is 0 Å². The van der Waals surface area contributed by atoms with Gasteiger partial charge in [0.2, 0.25) is 5.91 Å². The first-order valence-electron chi connectivity index (χ1n) is 5.51. The van der Waals surface area contributed by atoms with Crippen molar-refractivity contribution < 1.29 is 14.7 Å². The Kier molecular flexibility index (Phi) is 3.89. The number of hydrogen-bond acceptors (Lipinski definition) is 2. The molecule has 0 aliphatic carbocycles. The smallest absolute Gasteiger partial charge is 0.318 e. The highest BCUT2D eigenvalue weighted by Gasteiger charge is 2.35. The minimum atomic E-state index is -1.43. The lowest BCUT2D eigenvalue weighted by molar-refractivity contribution is -0.151. The molecular formula is C13H17NO3. The molecule has 0 spiro atoms. The van der Waals surface area contributed by atoms with Gasteiger partial charge in [-0.15, -0.1) is 0 Å². The molecule has 1 rings (SSSR count). The molecule has 0 bridgehead atoms. The molecule has 0 saturated heterocycles. The van der Waals surface area contributed by atoms with Crippen molar-refractivity contribution in [2.24, 2.45) is 5.41 Å². The summed E-state index contributed by atoms with van der Waals surface area (Å²) in [5, 5.41) is 11.5. The average Bonchev–Trinajstić information content (AvgIpc) is 2.29. The molecule has 0 aromatic heterocycles. The zero-order valence-corrected chi connectivity index (χ0v) is 10.3. The second kappa shape index (κ2) is 4.99. The molecule has 1 aromatic rings. The SMILES string of the molecule is CCc1cccc(NC(=O)C(C)(C)C(=O)O)c1. The Bertz CT molecular complexity index is 438. The number of benzene rings is 1. The standard InChI is InChI=1S/C13H17NO3/c1-4-9-6-5-7-10(8-9)14-11(15)13(2,3)12(16)17/h5-8H,4H2,1-3H3,(H,14,15)(H,16,17). The molecule has 0 aliphatic heterocycles. The van der Waals surface area contributed by atoms with Gasteiger partial charge in [-0.1, -0.05) is 19.1 Å². The van der Waals surface area contributed by atoms with Crippen LogP contribution in [-0.2, 0) is 16.0 Å². The molecule has 1 aromatic carbocycles. The van der Waals surface area contributed by atoms with E-state index in [1.807, 2.05) is 25.1 Å². The van der Waals surface area contributed by atoms with Crippen LogP contribution in [0.5, 0.6) is 0 Å². The fourth-order valence-corrected chi connectivity index (χ4v) is 1.25. The molecule has 0 fully saturated rings. The van der Waals surface area contributed by atoms with Crippen LogP contribution in [0.3, 0.4) is 0 Å². The fraction of sp³-hybridized carbons (Fsp3) is 0.385. The van der Waals surface area contributed by atoms with E-state index >= 15 is 0 Å². The fourth-order valence-electron chi connectivity index (χ4n) is 1.25. The molecule has 4 heteroatoms. The van der Waals surface area contributed by atoms with E-state index in [4.69, 9.17) is 5.11 Å². The van der Waals surface area contributed by atoms with Crippen molar-refractivity contribution in [3.8, 4) is 0 Å². The first-order valence-corrected chi connectivity index (χ1v) is 5.51. The third-order valence-corrected chi connectivity index (χ3v) is 2.70. The monoisotopic (exact) mass is 235 g/mol. The van der Waals surface area contributed by atoms with Gasteiger partial charge in [0, 0.05) is 5.69 Å². The number of rotatable bonds is 4. The second-order valence-corrected chi connectivity index (χ2v) is 4.44. The maximum absolute atomic E-state index is 11.8. The number of hydrogen-bond donors (Lipinski definition) is 2. The quantitative estimate of drug-likeness (QED) is 0.787. The number of aryl methyl sites for hydroxylation is 1. The molecule has 0 radical (unpaired) electrons. The number of aliphatic carboxylic acids is 1. The predicted octanol–water partition coefficient (Wildman–Crippen LogP) is 2.30. The maximum atomic E-state index is 11.8. The summed E-state index contributed by atoms with van der Waals surface area (Å²) in [6, 6.07) is 7.38. The normalized spacial score (nSPS) is 11.0. The summed E-state index contributed by atoms with van der Waals surface area (Å²) in [5.41, 5.74) is 0.294. The predicted molar refractivity (Wildman–Crippen MR) is 65.9 cm³/mol. The largest absolute Gasteiger partial charge is 0.480 e. The lowest BCUT2D eigenvalue weighted by Gasteiger charge is -2.18. The molecule has 0 heterocycles. The third kappa shape index (κ3) is 3.06. The molecule has 0 saturated carbocycles. The van der Waals surface area contributed by atoms with Crippen LogP contribution >= 0.6 is 0 Å². The molecule has 0 unspecified atom stereocenters. The highest BCUT2D eigenvalue weighted by Crippen LogP contribution is 2.19. The van der Waals surface area contributed by atoms with Gasteiger partial charge in [0.15, 0.2) is 0 Å².